The summed E-state index contributed by atoms with van der Waals surface area (Å²) in [5.74, 6) is 0.758. The van der Waals surface area contributed by atoms with Crippen LogP contribution in [0.2, 0.25) is 0 Å². The van der Waals surface area contributed by atoms with Crippen LogP contribution in [0.1, 0.15) is 32.9 Å². The van der Waals surface area contributed by atoms with Gasteiger partial charge < -0.3 is 14.5 Å². The summed E-state index contributed by atoms with van der Waals surface area (Å²) < 4.78 is 11.0. The van der Waals surface area contributed by atoms with E-state index in [2.05, 4.69) is 26.6 Å². The van der Waals surface area contributed by atoms with E-state index in [1.165, 1.54) is 0 Å². The first-order valence-electron chi connectivity index (χ1n) is 11.7. The van der Waals surface area contributed by atoms with Crippen LogP contribution in [0.15, 0.2) is 89.5 Å². The number of anilines is 1. The average molecular weight is 490 g/mol. The molecule has 5 rings (SSSR count). The van der Waals surface area contributed by atoms with Gasteiger partial charge in [0.25, 0.3) is 0 Å². The van der Waals surface area contributed by atoms with Crippen molar-refractivity contribution in [2.24, 2.45) is 0 Å². The SMILES string of the molecule is Cc1cc(C#N)ccc1-c1ccnc(NCc2cc(-c3ccc(C(=O)OCc4ccccc4)o3)n[nH]2)c1. The number of hydrogen-bond acceptors (Lipinski definition) is 7. The van der Waals surface area contributed by atoms with Gasteiger partial charge in [0.05, 0.1) is 23.9 Å². The van der Waals surface area contributed by atoms with E-state index in [1.54, 1.807) is 18.3 Å². The van der Waals surface area contributed by atoms with E-state index in [9.17, 15) is 4.79 Å². The lowest BCUT2D eigenvalue weighted by molar-refractivity contribution is 0.0437. The quantitative estimate of drug-likeness (QED) is 0.261. The number of nitriles is 1. The highest BCUT2D eigenvalue weighted by molar-refractivity contribution is 5.87. The molecule has 8 nitrogen and oxygen atoms in total. The number of ether oxygens (including phenoxy) is 1. The molecule has 2 aromatic carbocycles. The van der Waals surface area contributed by atoms with Crippen molar-refractivity contribution >= 4 is 11.8 Å². The summed E-state index contributed by atoms with van der Waals surface area (Å²) >= 11 is 0. The van der Waals surface area contributed by atoms with Crippen LogP contribution in [0.4, 0.5) is 5.82 Å². The summed E-state index contributed by atoms with van der Waals surface area (Å²) in [4.78, 5) is 16.7. The zero-order valence-corrected chi connectivity index (χ0v) is 20.1. The molecule has 0 bridgehead atoms. The number of furan rings is 1. The van der Waals surface area contributed by atoms with Crippen LogP contribution < -0.4 is 5.32 Å². The Hall–Kier alpha value is -5.16. The predicted octanol–water partition coefficient (Wildman–Crippen LogP) is 5.88. The van der Waals surface area contributed by atoms with Gasteiger partial charge in [-0.15, -0.1) is 0 Å². The van der Waals surface area contributed by atoms with Crippen LogP contribution in [-0.4, -0.2) is 21.2 Å². The van der Waals surface area contributed by atoms with Gasteiger partial charge in [0.2, 0.25) is 5.76 Å². The molecular formula is C29H23N5O3. The van der Waals surface area contributed by atoms with E-state index < -0.39 is 5.97 Å². The fraction of sp³-hybridized carbons (Fsp3) is 0.103. The number of esters is 1. The van der Waals surface area contributed by atoms with Crippen LogP contribution in [0.25, 0.3) is 22.6 Å². The fourth-order valence-electron chi connectivity index (χ4n) is 3.90. The maximum Gasteiger partial charge on any atom is 0.374 e. The van der Waals surface area contributed by atoms with Crippen molar-refractivity contribution in [3.8, 4) is 28.7 Å². The highest BCUT2D eigenvalue weighted by Gasteiger charge is 2.16. The normalized spacial score (nSPS) is 10.6. The molecule has 0 unspecified atom stereocenters. The number of benzene rings is 2. The zero-order chi connectivity index (χ0) is 25.6. The molecule has 0 spiro atoms. The van der Waals surface area contributed by atoms with Gasteiger partial charge in [0.1, 0.15) is 18.1 Å². The number of carbonyl (C=O) groups is 1. The van der Waals surface area contributed by atoms with Gasteiger partial charge in [-0.05, 0) is 71.6 Å². The minimum absolute atomic E-state index is 0.118. The van der Waals surface area contributed by atoms with E-state index in [-0.39, 0.29) is 12.4 Å². The Morgan fingerprint density at radius 1 is 1.08 bits per heavy atom. The topological polar surface area (TPSA) is 117 Å². The van der Waals surface area contributed by atoms with Crippen molar-refractivity contribution < 1.29 is 13.9 Å². The average Bonchev–Trinajstić information content (AvgIpc) is 3.61. The highest BCUT2D eigenvalue weighted by Crippen LogP contribution is 2.26. The van der Waals surface area contributed by atoms with E-state index in [1.807, 2.05) is 73.7 Å². The van der Waals surface area contributed by atoms with Crippen molar-refractivity contribution in [2.45, 2.75) is 20.1 Å². The fourth-order valence-corrected chi connectivity index (χ4v) is 3.90. The molecule has 3 aromatic heterocycles. The van der Waals surface area contributed by atoms with Crippen molar-refractivity contribution in [3.05, 3.63) is 113 Å². The zero-order valence-electron chi connectivity index (χ0n) is 20.1. The lowest BCUT2D eigenvalue weighted by atomic mass is 9.99. The molecule has 2 N–H and O–H groups in total. The minimum Gasteiger partial charge on any atom is -0.455 e. The Bertz CT molecular complexity index is 1580. The molecule has 37 heavy (non-hydrogen) atoms. The van der Waals surface area contributed by atoms with Gasteiger partial charge in [0.15, 0.2) is 5.76 Å². The molecule has 0 amide bonds. The maximum absolute atomic E-state index is 12.3. The third-order valence-corrected chi connectivity index (χ3v) is 5.79. The first-order valence-corrected chi connectivity index (χ1v) is 11.7. The molecule has 0 saturated carbocycles. The lowest BCUT2D eigenvalue weighted by Gasteiger charge is -2.09. The summed E-state index contributed by atoms with van der Waals surface area (Å²) in [6, 6.07) is 26.3. The Morgan fingerprint density at radius 3 is 2.76 bits per heavy atom. The smallest absolute Gasteiger partial charge is 0.374 e. The second kappa shape index (κ2) is 10.6. The molecule has 5 aromatic rings. The Kier molecular flexibility index (Phi) is 6.77. The Labute approximate surface area is 213 Å². The van der Waals surface area contributed by atoms with Crippen LogP contribution in [0.3, 0.4) is 0 Å². The summed E-state index contributed by atoms with van der Waals surface area (Å²) in [5.41, 5.74) is 6.01. The van der Waals surface area contributed by atoms with Gasteiger partial charge in [-0.25, -0.2) is 9.78 Å². The van der Waals surface area contributed by atoms with Crippen molar-refractivity contribution in [1.29, 1.82) is 5.26 Å². The van der Waals surface area contributed by atoms with Gasteiger partial charge in [-0.3, -0.25) is 5.10 Å². The van der Waals surface area contributed by atoms with E-state index in [0.717, 1.165) is 27.9 Å². The number of nitrogens with one attached hydrogen (secondary N) is 2. The monoisotopic (exact) mass is 489 g/mol. The predicted molar refractivity (Wildman–Crippen MR) is 138 cm³/mol. The maximum atomic E-state index is 12.3. The van der Waals surface area contributed by atoms with Crippen molar-refractivity contribution in [3.63, 3.8) is 0 Å². The lowest BCUT2D eigenvalue weighted by Crippen LogP contribution is -2.03. The molecule has 0 fully saturated rings. The van der Waals surface area contributed by atoms with E-state index in [4.69, 9.17) is 14.4 Å². The molecule has 0 aliphatic rings. The summed E-state index contributed by atoms with van der Waals surface area (Å²) in [6.45, 7) is 2.62. The van der Waals surface area contributed by atoms with Gasteiger partial charge in [-0.2, -0.15) is 10.4 Å². The number of hydrogen-bond donors (Lipinski definition) is 2. The minimum atomic E-state index is -0.531. The Morgan fingerprint density at radius 2 is 1.95 bits per heavy atom. The number of carbonyl (C=O) groups excluding carboxylic acids is 1. The van der Waals surface area contributed by atoms with Gasteiger partial charge >= 0.3 is 5.97 Å². The van der Waals surface area contributed by atoms with Gasteiger partial charge in [0, 0.05) is 6.20 Å². The third kappa shape index (κ3) is 5.57. The van der Waals surface area contributed by atoms with Crippen LogP contribution in [0, 0.1) is 18.3 Å². The Balaban J connectivity index is 1.21. The first-order chi connectivity index (χ1) is 18.1. The second-order valence-corrected chi connectivity index (χ2v) is 8.43. The van der Waals surface area contributed by atoms with E-state index in [0.29, 0.717) is 29.4 Å². The van der Waals surface area contributed by atoms with Crippen molar-refractivity contribution in [1.82, 2.24) is 15.2 Å². The van der Waals surface area contributed by atoms with Gasteiger partial charge in [-0.1, -0.05) is 36.4 Å². The second-order valence-electron chi connectivity index (χ2n) is 8.43. The molecule has 0 atom stereocenters. The molecule has 8 heteroatoms. The molecule has 0 aliphatic heterocycles. The molecular weight excluding hydrogens is 466 g/mol. The largest absolute Gasteiger partial charge is 0.455 e. The number of rotatable bonds is 8. The number of H-pyrrole nitrogens is 1. The third-order valence-electron chi connectivity index (χ3n) is 5.79. The van der Waals surface area contributed by atoms with Crippen LogP contribution in [0.5, 0.6) is 0 Å². The molecule has 3 heterocycles. The molecule has 0 saturated heterocycles. The highest BCUT2D eigenvalue weighted by atomic mass is 16.5. The summed E-state index contributed by atoms with van der Waals surface area (Å²) in [5, 5.41) is 19.7. The molecule has 0 radical (unpaired) electrons. The number of pyridine rings is 1. The molecule has 0 aliphatic carbocycles. The number of aryl methyl sites for hydroxylation is 1. The van der Waals surface area contributed by atoms with E-state index >= 15 is 0 Å². The number of aromatic amines is 1. The number of aromatic nitrogens is 3. The van der Waals surface area contributed by atoms with Crippen molar-refractivity contribution in [2.75, 3.05) is 5.32 Å². The van der Waals surface area contributed by atoms with Crippen LogP contribution >= 0.6 is 0 Å². The standard InChI is InChI=1S/C29H23N5O3/c1-19-13-21(16-30)7-8-24(19)22-11-12-31-28(14-22)32-17-23-15-25(34-33-23)26-9-10-27(37-26)29(35)36-18-20-5-3-2-4-6-20/h2-15H,17-18H2,1H3,(H,31,32)(H,33,34). The number of nitrogens with zero attached hydrogens (tertiary/aromatic N) is 3. The first kappa shape index (κ1) is 23.6. The van der Waals surface area contributed by atoms with Crippen LogP contribution in [-0.2, 0) is 17.9 Å². The summed E-state index contributed by atoms with van der Waals surface area (Å²) in [6.07, 6.45) is 1.74. The molecule has 182 valence electrons. The summed E-state index contributed by atoms with van der Waals surface area (Å²) in [7, 11) is 0.